The molecule has 0 unspecified atom stereocenters. The molecule has 2 rings (SSSR count). The summed E-state index contributed by atoms with van der Waals surface area (Å²) in [6, 6.07) is 6.20. The summed E-state index contributed by atoms with van der Waals surface area (Å²) in [7, 11) is 0. The Morgan fingerprint density at radius 3 is 2.70 bits per heavy atom. The van der Waals surface area contributed by atoms with E-state index in [-0.39, 0.29) is 17.5 Å². The maximum absolute atomic E-state index is 12.3. The Labute approximate surface area is 147 Å². The van der Waals surface area contributed by atoms with Crippen molar-refractivity contribution in [1.29, 1.82) is 0 Å². The smallest absolute Gasteiger partial charge is 0.251 e. The average Bonchev–Trinajstić information content (AvgIpc) is 2.46. The Morgan fingerprint density at radius 2 is 2.04 bits per heavy atom. The maximum atomic E-state index is 12.3. The lowest BCUT2D eigenvalue weighted by Gasteiger charge is -2.18. The zero-order valence-corrected chi connectivity index (χ0v) is 14.8. The molecule has 2 N–H and O–H groups in total. The van der Waals surface area contributed by atoms with Crippen molar-refractivity contribution in [3.05, 3.63) is 56.4 Å². The fourth-order valence-corrected chi connectivity index (χ4v) is 3.26. The van der Waals surface area contributed by atoms with Crippen molar-refractivity contribution < 1.29 is 4.79 Å². The third-order valence-electron chi connectivity index (χ3n) is 3.09. The second-order valence-corrected chi connectivity index (χ2v) is 7.07. The van der Waals surface area contributed by atoms with Gasteiger partial charge in [0.15, 0.2) is 5.16 Å². The molecule has 23 heavy (non-hydrogen) atoms. The molecule has 0 fully saturated rings. The van der Waals surface area contributed by atoms with Gasteiger partial charge in [-0.25, -0.2) is 4.98 Å². The first-order valence-corrected chi connectivity index (χ1v) is 8.47. The molecular weight excluding hydrogens is 357 g/mol. The number of nitrogens with zero attached hydrogens (tertiary/aromatic N) is 1. The molecule has 0 radical (unpaired) electrons. The van der Waals surface area contributed by atoms with Crippen molar-refractivity contribution in [2.75, 3.05) is 0 Å². The quantitative estimate of drug-likeness (QED) is 0.623. The molecule has 122 valence electrons. The second-order valence-electron chi connectivity index (χ2n) is 4.90. The van der Waals surface area contributed by atoms with Crippen LogP contribution >= 0.6 is 35.0 Å². The monoisotopic (exact) mass is 371 g/mol. The zero-order valence-electron chi connectivity index (χ0n) is 12.5. The Hall–Kier alpha value is -1.50. The fourth-order valence-electron chi connectivity index (χ4n) is 1.89. The highest BCUT2D eigenvalue weighted by Crippen LogP contribution is 2.26. The van der Waals surface area contributed by atoms with E-state index in [0.29, 0.717) is 15.2 Å². The Bertz CT molecular complexity index is 766. The van der Waals surface area contributed by atoms with Crippen molar-refractivity contribution in [3.8, 4) is 0 Å². The second kappa shape index (κ2) is 7.86. The number of benzene rings is 1. The summed E-state index contributed by atoms with van der Waals surface area (Å²) in [5.41, 5.74) is 0.532. The number of amides is 1. The molecule has 8 heteroatoms. The van der Waals surface area contributed by atoms with E-state index in [1.807, 2.05) is 6.92 Å². The highest BCUT2D eigenvalue weighted by Gasteiger charge is 2.19. The molecule has 1 aromatic heterocycles. The van der Waals surface area contributed by atoms with Crippen LogP contribution in [0.25, 0.3) is 0 Å². The summed E-state index contributed by atoms with van der Waals surface area (Å²) in [4.78, 5) is 30.1. The summed E-state index contributed by atoms with van der Waals surface area (Å²) in [5, 5.41) is 3.90. The first kappa shape index (κ1) is 17.8. The van der Waals surface area contributed by atoms with Crippen molar-refractivity contribution >= 4 is 40.9 Å². The molecule has 0 aliphatic rings. The molecular formula is C15H15Cl2N3O2S. The average molecular weight is 372 g/mol. The van der Waals surface area contributed by atoms with E-state index in [4.69, 9.17) is 23.2 Å². The molecule has 0 aliphatic heterocycles. The molecule has 1 heterocycles. The van der Waals surface area contributed by atoms with E-state index >= 15 is 0 Å². The summed E-state index contributed by atoms with van der Waals surface area (Å²) in [6.07, 6.45) is 1.40. The number of thioether (sulfide) groups is 1. The van der Waals surface area contributed by atoms with E-state index in [2.05, 4.69) is 15.3 Å². The number of nitrogens with one attached hydrogen (secondary N) is 2. The third-order valence-corrected chi connectivity index (χ3v) is 4.65. The number of halogens is 2. The van der Waals surface area contributed by atoms with Gasteiger partial charge in [-0.15, -0.1) is 0 Å². The van der Waals surface area contributed by atoms with Crippen LogP contribution in [0.1, 0.15) is 25.5 Å². The number of carbonyl (C=O) groups is 1. The zero-order chi connectivity index (χ0) is 17.0. The lowest BCUT2D eigenvalue weighted by atomic mass is 10.1. The highest BCUT2D eigenvalue weighted by molar-refractivity contribution is 8.00. The van der Waals surface area contributed by atoms with Crippen LogP contribution in [0.3, 0.4) is 0 Å². The molecule has 1 amide bonds. The topological polar surface area (TPSA) is 74.8 Å². The van der Waals surface area contributed by atoms with Crippen LogP contribution in [0.4, 0.5) is 0 Å². The van der Waals surface area contributed by atoms with Crippen LogP contribution in [0, 0.1) is 0 Å². The van der Waals surface area contributed by atoms with Crippen molar-refractivity contribution in [2.45, 2.75) is 30.3 Å². The first-order valence-electron chi connectivity index (χ1n) is 6.84. The van der Waals surface area contributed by atoms with Crippen molar-refractivity contribution in [1.82, 2.24) is 15.3 Å². The molecule has 2 aromatic rings. The Morgan fingerprint density at radius 1 is 1.30 bits per heavy atom. The number of hydrogen-bond acceptors (Lipinski definition) is 4. The van der Waals surface area contributed by atoms with Crippen LogP contribution in [0.15, 0.2) is 40.4 Å². The lowest BCUT2D eigenvalue weighted by Crippen LogP contribution is -2.33. The van der Waals surface area contributed by atoms with Gasteiger partial charge >= 0.3 is 0 Å². The molecule has 0 saturated carbocycles. The van der Waals surface area contributed by atoms with Gasteiger partial charge in [-0.1, -0.05) is 41.0 Å². The minimum absolute atomic E-state index is 0.181. The van der Waals surface area contributed by atoms with Crippen molar-refractivity contribution in [3.63, 3.8) is 0 Å². The molecule has 0 spiro atoms. The standard InChI is InChI=1S/C15H15Cl2N3O2S/c1-8(11-4-3-10(16)7-12(11)17)19-14(22)9(2)23-15-18-6-5-13(21)20-15/h3-9H,1-2H3,(H,19,22)(H,18,20,21)/t8-,9-/m1/s1. The fraction of sp³-hybridized carbons (Fsp3) is 0.267. The van der Waals surface area contributed by atoms with Gasteiger partial charge in [0.1, 0.15) is 0 Å². The summed E-state index contributed by atoms with van der Waals surface area (Å²) < 4.78 is 0. The van der Waals surface area contributed by atoms with Gasteiger partial charge in [0.05, 0.1) is 11.3 Å². The van der Waals surface area contributed by atoms with Gasteiger partial charge in [-0.05, 0) is 31.5 Å². The van der Waals surface area contributed by atoms with Crippen LogP contribution in [0.5, 0.6) is 0 Å². The van der Waals surface area contributed by atoms with E-state index in [1.165, 1.54) is 24.0 Å². The van der Waals surface area contributed by atoms with E-state index in [9.17, 15) is 9.59 Å². The third kappa shape index (κ3) is 4.99. The minimum atomic E-state index is -0.422. The highest BCUT2D eigenvalue weighted by atomic mass is 35.5. The van der Waals surface area contributed by atoms with Crippen LogP contribution in [-0.4, -0.2) is 21.1 Å². The normalized spacial score (nSPS) is 13.4. The molecule has 1 aromatic carbocycles. The number of hydrogen-bond donors (Lipinski definition) is 2. The summed E-state index contributed by atoms with van der Waals surface area (Å²) in [6.45, 7) is 3.58. The summed E-state index contributed by atoms with van der Waals surface area (Å²) >= 11 is 13.2. The lowest BCUT2D eigenvalue weighted by molar-refractivity contribution is -0.120. The number of rotatable bonds is 5. The Kier molecular flexibility index (Phi) is 6.10. The van der Waals surface area contributed by atoms with Gasteiger partial charge in [0.25, 0.3) is 5.56 Å². The number of carbonyl (C=O) groups excluding carboxylic acids is 1. The summed E-state index contributed by atoms with van der Waals surface area (Å²) in [5.74, 6) is -0.181. The molecule has 0 saturated heterocycles. The maximum Gasteiger partial charge on any atom is 0.251 e. The SMILES string of the molecule is C[C@@H](Sc1nccc(=O)[nH]1)C(=O)N[C@H](C)c1ccc(Cl)cc1Cl. The van der Waals surface area contributed by atoms with Gasteiger partial charge in [0, 0.05) is 22.3 Å². The van der Waals surface area contributed by atoms with E-state index in [0.717, 1.165) is 5.56 Å². The van der Waals surface area contributed by atoms with Gasteiger partial charge < -0.3 is 10.3 Å². The van der Waals surface area contributed by atoms with Gasteiger partial charge in [0.2, 0.25) is 5.91 Å². The van der Waals surface area contributed by atoms with E-state index in [1.54, 1.807) is 25.1 Å². The van der Waals surface area contributed by atoms with Crippen molar-refractivity contribution in [2.24, 2.45) is 0 Å². The van der Waals surface area contributed by atoms with E-state index < -0.39 is 5.25 Å². The largest absolute Gasteiger partial charge is 0.349 e. The van der Waals surface area contributed by atoms with Gasteiger partial charge in [-0.2, -0.15) is 0 Å². The Balaban J connectivity index is 2.01. The van der Waals surface area contributed by atoms with Crippen LogP contribution < -0.4 is 10.9 Å². The first-order chi connectivity index (χ1) is 10.9. The predicted molar refractivity (Wildman–Crippen MR) is 93.2 cm³/mol. The molecule has 0 bridgehead atoms. The molecule has 0 aliphatic carbocycles. The molecule has 2 atom stereocenters. The number of aromatic amines is 1. The van der Waals surface area contributed by atoms with Crippen LogP contribution in [-0.2, 0) is 4.79 Å². The predicted octanol–water partition coefficient (Wildman–Crippen LogP) is 3.43. The van der Waals surface area contributed by atoms with Crippen LogP contribution in [0.2, 0.25) is 10.0 Å². The number of H-pyrrole nitrogens is 1. The van der Waals surface area contributed by atoms with Gasteiger partial charge in [-0.3, -0.25) is 9.59 Å². The molecule has 5 nitrogen and oxygen atoms in total. The minimum Gasteiger partial charge on any atom is -0.349 e. The number of aromatic nitrogens is 2.